The van der Waals surface area contributed by atoms with Crippen molar-refractivity contribution in [2.24, 2.45) is 5.92 Å². The van der Waals surface area contributed by atoms with Gasteiger partial charge in [0.25, 0.3) is 0 Å². The van der Waals surface area contributed by atoms with E-state index in [1.54, 1.807) is 11.0 Å². The topological polar surface area (TPSA) is 49.4 Å². The molecule has 1 N–H and O–H groups in total. The van der Waals surface area contributed by atoms with Crippen molar-refractivity contribution in [2.75, 3.05) is 18.0 Å². The zero-order valence-corrected chi connectivity index (χ0v) is 12.5. The highest BCUT2D eigenvalue weighted by Crippen LogP contribution is 2.28. The Hall–Kier alpha value is -1.91. The third-order valence-corrected chi connectivity index (χ3v) is 3.51. The summed E-state index contributed by atoms with van der Waals surface area (Å²) in [5.74, 6) is 0.0310. The lowest BCUT2D eigenvalue weighted by Crippen LogP contribution is -2.38. The summed E-state index contributed by atoms with van der Waals surface area (Å²) in [4.78, 5) is 25.4. The molecule has 1 aliphatic rings. The van der Waals surface area contributed by atoms with Crippen LogP contribution < -0.4 is 10.2 Å². The van der Waals surface area contributed by atoms with Crippen LogP contribution in [0.4, 0.5) is 10.1 Å². The van der Waals surface area contributed by atoms with E-state index in [1.807, 2.05) is 13.8 Å². The van der Waals surface area contributed by atoms with Gasteiger partial charge in [-0.25, -0.2) is 4.39 Å². The van der Waals surface area contributed by atoms with Crippen LogP contribution in [0.2, 0.25) is 0 Å². The number of fused-ring (bicyclic) bond motifs is 1. The Morgan fingerprint density at radius 3 is 2.86 bits per heavy atom. The van der Waals surface area contributed by atoms with Crippen molar-refractivity contribution in [3.8, 4) is 0 Å². The van der Waals surface area contributed by atoms with Crippen molar-refractivity contribution in [1.29, 1.82) is 0 Å². The lowest BCUT2D eigenvalue weighted by atomic mass is 10.0. The molecule has 1 aliphatic heterocycles. The molecule has 0 spiro atoms. The molecule has 0 atom stereocenters. The van der Waals surface area contributed by atoms with Gasteiger partial charge in [-0.15, -0.1) is 0 Å². The van der Waals surface area contributed by atoms with Crippen LogP contribution in [0.3, 0.4) is 0 Å². The highest BCUT2D eigenvalue weighted by molar-refractivity contribution is 5.97. The van der Waals surface area contributed by atoms with Crippen LogP contribution in [0.25, 0.3) is 0 Å². The highest BCUT2D eigenvalue weighted by Gasteiger charge is 2.24. The number of benzene rings is 1. The fourth-order valence-corrected chi connectivity index (χ4v) is 2.39. The maximum Gasteiger partial charge on any atom is 0.227 e. The molecule has 1 aromatic carbocycles. The van der Waals surface area contributed by atoms with E-state index in [0.717, 1.165) is 11.3 Å². The molecule has 114 valence electrons. The van der Waals surface area contributed by atoms with E-state index in [9.17, 15) is 14.0 Å². The molecule has 0 saturated heterocycles. The second-order valence-electron chi connectivity index (χ2n) is 5.77. The van der Waals surface area contributed by atoms with Gasteiger partial charge >= 0.3 is 0 Å². The van der Waals surface area contributed by atoms with Crippen LogP contribution >= 0.6 is 0 Å². The summed E-state index contributed by atoms with van der Waals surface area (Å²) in [5, 5.41) is 2.83. The fraction of sp³-hybridized carbons (Fsp3) is 0.500. The van der Waals surface area contributed by atoms with Crippen LogP contribution in [0.5, 0.6) is 0 Å². The molecular weight excluding hydrogens is 271 g/mol. The first-order valence-corrected chi connectivity index (χ1v) is 7.33. The van der Waals surface area contributed by atoms with Gasteiger partial charge in [0.1, 0.15) is 5.82 Å². The van der Waals surface area contributed by atoms with Gasteiger partial charge in [-0.1, -0.05) is 13.8 Å². The van der Waals surface area contributed by atoms with Crippen molar-refractivity contribution < 1.29 is 14.0 Å². The van der Waals surface area contributed by atoms with E-state index < -0.39 is 0 Å². The number of carbonyl (C=O) groups is 2. The number of nitrogens with zero attached hydrogens (tertiary/aromatic N) is 1. The smallest absolute Gasteiger partial charge is 0.227 e. The molecule has 0 bridgehead atoms. The first-order chi connectivity index (χ1) is 9.97. The molecule has 0 fully saturated rings. The maximum atomic E-state index is 13.2. The molecule has 0 aromatic heterocycles. The molecular formula is C16H21FN2O2. The average Bonchev–Trinajstić information content (AvgIpc) is 2.44. The zero-order valence-electron chi connectivity index (χ0n) is 12.5. The van der Waals surface area contributed by atoms with E-state index in [4.69, 9.17) is 0 Å². The molecule has 0 aliphatic carbocycles. The predicted octanol–water partition coefficient (Wildman–Crippen LogP) is 2.27. The number of hydrogen-bond donors (Lipinski definition) is 1. The van der Waals surface area contributed by atoms with Crippen LogP contribution in [-0.2, 0) is 16.0 Å². The summed E-state index contributed by atoms with van der Waals surface area (Å²) >= 11 is 0. The van der Waals surface area contributed by atoms with Crippen LogP contribution in [-0.4, -0.2) is 24.9 Å². The lowest BCUT2D eigenvalue weighted by molar-refractivity contribution is -0.121. The molecule has 1 aromatic rings. The van der Waals surface area contributed by atoms with Gasteiger partial charge in [-0.3, -0.25) is 9.59 Å². The van der Waals surface area contributed by atoms with Crippen LogP contribution in [0, 0.1) is 11.7 Å². The summed E-state index contributed by atoms with van der Waals surface area (Å²) < 4.78 is 13.2. The largest absolute Gasteiger partial charge is 0.356 e. The Balaban J connectivity index is 2.00. The second kappa shape index (κ2) is 6.70. The molecule has 2 amide bonds. The van der Waals surface area contributed by atoms with E-state index in [0.29, 0.717) is 31.8 Å². The molecule has 4 nitrogen and oxygen atoms in total. The zero-order chi connectivity index (χ0) is 15.4. The monoisotopic (exact) mass is 292 g/mol. The van der Waals surface area contributed by atoms with Gasteiger partial charge in [0.15, 0.2) is 0 Å². The number of amides is 2. The molecule has 5 heteroatoms. The van der Waals surface area contributed by atoms with Crippen molar-refractivity contribution in [3.05, 3.63) is 29.6 Å². The molecule has 0 unspecified atom stereocenters. The third-order valence-electron chi connectivity index (χ3n) is 3.51. The van der Waals surface area contributed by atoms with E-state index in [1.165, 1.54) is 12.1 Å². The third kappa shape index (κ3) is 4.03. The highest BCUT2D eigenvalue weighted by atomic mass is 19.1. The van der Waals surface area contributed by atoms with Gasteiger partial charge < -0.3 is 10.2 Å². The second-order valence-corrected chi connectivity index (χ2v) is 5.77. The van der Waals surface area contributed by atoms with E-state index >= 15 is 0 Å². The minimum absolute atomic E-state index is 0.00855. The first kappa shape index (κ1) is 15.5. The van der Waals surface area contributed by atoms with Crippen molar-refractivity contribution >= 4 is 17.5 Å². The number of nitrogens with one attached hydrogen (secondary N) is 1. The number of halogens is 1. The molecule has 1 heterocycles. The standard InChI is InChI=1S/C16H21FN2O2/c1-11(2)10-18-15(20)7-8-19-14-5-4-13(17)9-12(14)3-6-16(19)21/h4-5,9,11H,3,6-8,10H2,1-2H3,(H,18,20). The molecule has 0 saturated carbocycles. The molecule has 21 heavy (non-hydrogen) atoms. The number of rotatable bonds is 5. The van der Waals surface area contributed by atoms with E-state index in [-0.39, 0.29) is 24.1 Å². The number of anilines is 1. The quantitative estimate of drug-likeness (QED) is 0.905. The summed E-state index contributed by atoms with van der Waals surface area (Å²) in [6.45, 7) is 5.02. The minimum atomic E-state index is -0.294. The lowest BCUT2D eigenvalue weighted by Gasteiger charge is -2.29. The Bertz CT molecular complexity index is 543. The molecule has 2 rings (SSSR count). The van der Waals surface area contributed by atoms with Gasteiger partial charge in [-0.05, 0) is 36.1 Å². The predicted molar refractivity (Wildman–Crippen MR) is 79.5 cm³/mol. The first-order valence-electron chi connectivity index (χ1n) is 7.33. The maximum absolute atomic E-state index is 13.2. The number of aryl methyl sites for hydroxylation is 1. The minimum Gasteiger partial charge on any atom is -0.356 e. The SMILES string of the molecule is CC(C)CNC(=O)CCN1C(=O)CCc2cc(F)ccc21. The van der Waals surface area contributed by atoms with Gasteiger partial charge in [0.05, 0.1) is 0 Å². The Kier molecular flexibility index (Phi) is 4.94. The van der Waals surface area contributed by atoms with Crippen LogP contribution in [0.15, 0.2) is 18.2 Å². The van der Waals surface area contributed by atoms with Crippen molar-refractivity contribution in [2.45, 2.75) is 33.1 Å². The van der Waals surface area contributed by atoms with Crippen molar-refractivity contribution in [3.63, 3.8) is 0 Å². The summed E-state index contributed by atoms with van der Waals surface area (Å²) in [6.07, 6.45) is 1.18. The Labute approximate surface area is 124 Å². The van der Waals surface area contributed by atoms with Gasteiger partial charge in [0.2, 0.25) is 11.8 Å². The Morgan fingerprint density at radius 1 is 1.38 bits per heavy atom. The fourth-order valence-electron chi connectivity index (χ4n) is 2.39. The normalized spacial score (nSPS) is 14.3. The number of carbonyl (C=O) groups excluding carboxylic acids is 2. The Morgan fingerprint density at radius 2 is 2.14 bits per heavy atom. The van der Waals surface area contributed by atoms with E-state index in [2.05, 4.69) is 5.32 Å². The van der Waals surface area contributed by atoms with Crippen LogP contribution in [0.1, 0.15) is 32.3 Å². The molecule has 0 radical (unpaired) electrons. The van der Waals surface area contributed by atoms with Gasteiger partial charge in [0, 0.05) is 31.6 Å². The summed E-state index contributed by atoms with van der Waals surface area (Å²) in [5.41, 5.74) is 1.56. The average molecular weight is 292 g/mol. The summed E-state index contributed by atoms with van der Waals surface area (Å²) in [7, 11) is 0. The number of hydrogen-bond acceptors (Lipinski definition) is 2. The van der Waals surface area contributed by atoms with Gasteiger partial charge in [-0.2, -0.15) is 0 Å². The van der Waals surface area contributed by atoms with Crippen molar-refractivity contribution in [1.82, 2.24) is 5.32 Å². The summed E-state index contributed by atoms with van der Waals surface area (Å²) in [6, 6.07) is 4.44.